The molecule has 3 nitrogen and oxygen atoms in total. The number of hydrogen-bond donors (Lipinski definition) is 1. The lowest BCUT2D eigenvalue weighted by Crippen LogP contribution is -2.38. The van der Waals surface area contributed by atoms with E-state index in [1.54, 1.807) is 23.1 Å². The molecular weight excluding hydrogens is 245 g/mol. The third-order valence-electron chi connectivity index (χ3n) is 3.66. The molecule has 2 atom stereocenters. The zero-order valence-electron chi connectivity index (χ0n) is 10.9. The molecule has 1 aliphatic rings. The van der Waals surface area contributed by atoms with Gasteiger partial charge in [-0.2, -0.15) is 0 Å². The van der Waals surface area contributed by atoms with Gasteiger partial charge in [-0.1, -0.05) is 25.1 Å². The molecule has 1 aliphatic heterocycles. The van der Waals surface area contributed by atoms with Gasteiger partial charge in [-0.15, -0.1) is 0 Å². The van der Waals surface area contributed by atoms with E-state index in [9.17, 15) is 14.3 Å². The van der Waals surface area contributed by atoms with Crippen molar-refractivity contribution in [2.45, 2.75) is 19.4 Å². The van der Waals surface area contributed by atoms with Crippen LogP contribution in [0.15, 0.2) is 30.3 Å². The molecule has 1 heterocycles. The first kappa shape index (κ1) is 13.7. The first-order chi connectivity index (χ1) is 9.13. The highest BCUT2D eigenvalue weighted by Crippen LogP contribution is 2.23. The topological polar surface area (TPSA) is 40.5 Å². The summed E-state index contributed by atoms with van der Waals surface area (Å²) in [5.41, 5.74) is 0.392. The van der Waals surface area contributed by atoms with Gasteiger partial charge in [0.05, 0.1) is 12.6 Å². The Hall–Kier alpha value is -1.68. The van der Waals surface area contributed by atoms with Crippen LogP contribution in [0.25, 0.3) is 6.08 Å². The second-order valence-corrected chi connectivity index (χ2v) is 4.90. The van der Waals surface area contributed by atoms with Crippen LogP contribution < -0.4 is 0 Å². The van der Waals surface area contributed by atoms with Gasteiger partial charge in [0.2, 0.25) is 5.91 Å². The van der Waals surface area contributed by atoms with Crippen LogP contribution in [-0.4, -0.2) is 35.1 Å². The summed E-state index contributed by atoms with van der Waals surface area (Å²) in [6.07, 6.45) is 3.75. The highest BCUT2D eigenvalue weighted by atomic mass is 19.1. The number of aliphatic hydroxyl groups excluding tert-OH is 1. The van der Waals surface area contributed by atoms with Crippen molar-refractivity contribution >= 4 is 12.0 Å². The summed E-state index contributed by atoms with van der Waals surface area (Å²) in [5, 5.41) is 9.31. The van der Waals surface area contributed by atoms with Crippen molar-refractivity contribution in [2.24, 2.45) is 5.92 Å². The zero-order chi connectivity index (χ0) is 13.8. The van der Waals surface area contributed by atoms with Crippen LogP contribution in [0.3, 0.4) is 0 Å². The van der Waals surface area contributed by atoms with E-state index in [0.717, 1.165) is 6.42 Å². The number of likely N-dealkylation sites (tertiary alicyclic amines) is 1. The SMILES string of the molecule is CC1CCN(C(=O)/C=C/c2ccccc2F)C1CO. The van der Waals surface area contributed by atoms with Crippen molar-refractivity contribution in [1.29, 1.82) is 0 Å². The zero-order valence-corrected chi connectivity index (χ0v) is 10.9. The first-order valence-electron chi connectivity index (χ1n) is 6.47. The molecule has 1 amide bonds. The number of aliphatic hydroxyl groups is 1. The average molecular weight is 263 g/mol. The molecule has 0 radical (unpaired) electrons. The standard InChI is InChI=1S/C15H18FNO2/c1-11-8-9-17(14(11)10-18)15(19)7-6-12-4-2-3-5-13(12)16/h2-7,11,14,18H,8-10H2,1H3/b7-6+. The Labute approximate surface area is 112 Å². The van der Waals surface area contributed by atoms with Gasteiger partial charge < -0.3 is 10.0 Å². The Bertz CT molecular complexity index is 487. The molecule has 19 heavy (non-hydrogen) atoms. The van der Waals surface area contributed by atoms with Gasteiger partial charge in [-0.25, -0.2) is 4.39 Å². The summed E-state index contributed by atoms with van der Waals surface area (Å²) in [7, 11) is 0. The van der Waals surface area contributed by atoms with E-state index in [4.69, 9.17) is 0 Å². The molecule has 0 aromatic heterocycles. The maximum Gasteiger partial charge on any atom is 0.246 e. The van der Waals surface area contributed by atoms with Gasteiger partial charge in [-0.3, -0.25) is 4.79 Å². The molecule has 1 fully saturated rings. The largest absolute Gasteiger partial charge is 0.394 e. The Morgan fingerprint density at radius 2 is 2.26 bits per heavy atom. The molecule has 102 valence electrons. The fourth-order valence-electron chi connectivity index (χ4n) is 2.43. The summed E-state index contributed by atoms with van der Waals surface area (Å²) in [6, 6.07) is 6.19. The smallest absolute Gasteiger partial charge is 0.246 e. The third-order valence-corrected chi connectivity index (χ3v) is 3.66. The predicted octanol–water partition coefficient (Wildman–Crippen LogP) is 2.07. The highest BCUT2D eigenvalue weighted by Gasteiger charge is 2.32. The minimum atomic E-state index is -0.347. The summed E-state index contributed by atoms with van der Waals surface area (Å²) in [4.78, 5) is 13.7. The van der Waals surface area contributed by atoms with Crippen LogP contribution >= 0.6 is 0 Å². The number of amides is 1. The van der Waals surface area contributed by atoms with Crippen LogP contribution in [0.2, 0.25) is 0 Å². The van der Waals surface area contributed by atoms with Crippen molar-refractivity contribution in [2.75, 3.05) is 13.2 Å². The van der Waals surface area contributed by atoms with E-state index in [-0.39, 0.29) is 24.4 Å². The average Bonchev–Trinajstić information content (AvgIpc) is 2.78. The number of nitrogens with zero attached hydrogens (tertiary/aromatic N) is 1. The Morgan fingerprint density at radius 3 is 2.95 bits per heavy atom. The van der Waals surface area contributed by atoms with E-state index in [0.29, 0.717) is 18.0 Å². The Kier molecular flexibility index (Phi) is 4.32. The first-order valence-corrected chi connectivity index (χ1v) is 6.47. The molecule has 2 rings (SSSR count). The summed E-state index contributed by atoms with van der Waals surface area (Å²) >= 11 is 0. The summed E-state index contributed by atoms with van der Waals surface area (Å²) in [6.45, 7) is 2.64. The van der Waals surface area contributed by atoms with Crippen molar-refractivity contribution in [3.8, 4) is 0 Å². The Balaban J connectivity index is 2.07. The predicted molar refractivity (Wildman–Crippen MR) is 71.8 cm³/mol. The minimum absolute atomic E-state index is 0.0273. The van der Waals surface area contributed by atoms with Gasteiger partial charge in [0.15, 0.2) is 0 Å². The molecule has 4 heteroatoms. The van der Waals surface area contributed by atoms with E-state index in [1.165, 1.54) is 18.2 Å². The van der Waals surface area contributed by atoms with Crippen LogP contribution in [0.5, 0.6) is 0 Å². The maximum atomic E-state index is 13.4. The molecule has 1 saturated heterocycles. The van der Waals surface area contributed by atoms with E-state index >= 15 is 0 Å². The Morgan fingerprint density at radius 1 is 1.53 bits per heavy atom. The van der Waals surface area contributed by atoms with Crippen molar-refractivity contribution in [3.63, 3.8) is 0 Å². The van der Waals surface area contributed by atoms with Crippen molar-refractivity contribution < 1.29 is 14.3 Å². The second kappa shape index (κ2) is 5.97. The lowest BCUT2D eigenvalue weighted by Gasteiger charge is -2.23. The van der Waals surface area contributed by atoms with Gasteiger partial charge in [0.1, 0.15) is 5.82 Å². The van der Waals surface area contributed by atoms with E-state index in [2.05, 4.69) is 0 Å². The number of carbonyl (C=O) groups is 1. The van der Waals surface area contributed by atoms with Crippen LogP contribution in [-0.2, 0) is 4.79 Å². The van der Waals surface area contributed by atoms with Crippen LogP contribution in [0.1, 0.15) is 18.9 Å². The monoisotopic (exact) mass is 263 g/mol. The van der Waals surface area contributed by atoms with Crippen LogP contribution in [0, 0.1) is 11.7 Å². The van der Waals surface area contributed by atoms with Gasteiger partial charge in [0.25, 0.3) is 0 Å². The highest BCUT2D eigenvalue weighted by molar-refractivity contribution is 5.92. The minimum Gasteiger partial charge on any atom is -0.394 e. The second-order valence-electron chi connectivity index (χ2n) is 4.90. The molecule has 0 spiro atoms. The molecule has 1 N–H and O–H groups in total. The molecule has 2 unspecified atom stereocenters. The van der Waals surface area contributed by atoms with Gasteiger partial charge in [0, 0.05) is 18.2 Å². The lowest BCUT2D eigenvalue weighted by atomic mass is 10.0. The van der Waals surface area contributed by atoms with E-state index in [1.807, 2.05) is 6.92 Å². The number of hydrogen-bond acceptors (Lipinski definition) is 2. The molecule has 1 aromatic rings. The van der Waals surface area contributed by atoms with Gasteiger partial charge in [-0.05, 0) is 24.5 Å². The lowest BCUT2D eigenvalue weighted by molar-refractivity contribution is -0.127. The number of rotatable bonds is 3. The fourth-order valence-corrected chi connectivity index (χ4v) is 2.43. The molecule has 0 bridgehead atoms. The van der Waals surface area contributed by atoms with Gasteiger partial charge >= 0.3 is 0 Å². The quantitative estimate of drug-likeness (QED) is 0.848. The third kappa shape index (κ3) is 3.01. The fraction of sp³-hybridized carbons (Fsp3) is 0.400. The van der Waals surface area contributed by atoms with Crippen molar-refractivity contribution in [1.82, 2.24) is 4.90 Å². The molecule has 0 saturated carbocycles. The molecular formula is C15H18FNO2. The summed E-state index contributed by atoms with van der Waals surface area (Å²) in [5.74, 6) is -0.220. The number of halogens is 1. The number of benzene rings is 1. The van der Waals surface area contributed by atoms with Crippen molar-refractivity contribution in [3.05, 3.63) is 41.7 Å². The summed E-state index contributed by atoms with van der Waals surface area (Å²) < 4.78 is 13.4. The molecule has 1 aromatic carbocycles. The number of carbonyl (C=O) groups excluding carboxylic acids is 1. The van der Waals surface area contributed by atoms with Crippen LogP contribution in [0.4, 0.5) is 4.39 Å². The normalized spacial score (nSPS) is 23.2. The van der Waals surface area contributed by atoms with E-state index < -0.39 is 0 Å². The molecule has 0 aliphatic carbocycles. The maximum absolute atomic E-state index is 13.4.